The van der Waals surface area contributed by atoms with E-state index in [9.17, 15) is 9.18 Å². The number of hydrogen-bond acceptors (Lipinski definition) is 2. The number of carbonyl (C=O) groups excluding carboxylic acids is 1. The van der Waals surface area contributed by atoms with Crippen LogP contribution in [0.5, 0.6) is 0 Å². The second-order valence-corrected chi connectivity index (χ2v) is 5.31. The Morgan fingerprint density at radius 2 is 2.00 bits per heavy atom. The molecule has 1 aromatic carbocycles. The summed E-state index contributed by atoms with van der Waals surface area (Å²) in [5.41, 5.74) is 1.90. The monoisotopic (exact) mass is 266 g/mol. The minimum atomic E-state index is -0.290. The van der Waals surface area contributed by atoms with E-state index in [2.05, 4.69) is 24.5 Å². The average Bonchev–Trinajstić information content (AvgIpc) is 2.36. The minimum absolute atomic E-state index is 0.0252. The van der Waals surface area contributed by atoms with E-state index in [1.165, 1.54) is 12.1 Å². The quantitative estimate of drug-likeness (QED) is 0.830. The van der Waals surface area contributed by atoms with Crippen molar-refractivity contribution < 1.29 is 9.18 Å². The molecule has 4 heteroatoms. The van der Waals surface area contributed by atoms with Crippen LogP contribution in [0.1, 0.15) is 31.9 Å². The highest BCUT2D eigenvalue weighted by Gasteiger charge is 2.12. The van der Waals surface area contributed by atoms with E-state index in [0.717, 1.165) is 11.1 Å². The molecule has 0 spiro atoms. The first kappa shape index (κ1) is 15.6. The van der Waals surface area contributed by atoms with Crippen LogP contribution in [-0.4, -0.2) is 18.5 Å². The number of nitrogens with one attached hydrogen (secondary N) is 2. The molecule has 1 unspecified atom stereocenters. The third kappa shape index (κ3) is 5.39. The molecule has 1 aromatic rings. The summed E-state index contributed by atoms with van der Waals surface area (Å²) in [7, 11) is 0. The molecule has 0 saturated carbocycles. The molecule has 0 aliphatic rings. The van der Waals surface area contributed by atoms with Gasteiger partial charge in [-0.05, 0) is 43.0 Å². The van der Waals surface area contributed by atoms with E-state index in [-0.39, 0.29) is 17.8 Å². The normalized spacial score (nSPS) is 12.5. The first-order chi connectivity index (χ1) is 8.90. The summed E-state index contributed by atoms with van der Waals surface area (Å²) in [5, 5.41) is 5.98. The average molecular weight is 266 g/mol. The van der Waals surface area contributed by atoms with E-state index in [4.69, 9.17) is 0 Å². The first-order valence-electron chi connectivity index (χ1n) is 6.66. The third-order valence-corrected chi connectivity index (χ3v) is 2.99. The molecule has 0 aliphatic carbocycles. The summed E-state index contributed by atoms with van der Waals surface area (Å²) in [6.07, 6.45) is 0. The zero-order valence-electron chi connectivity index (χ0n) is 12.1. The third-order valence-electron chi connectivity index (χ3n) is 2.99. The van der Waals surface area contributed by atoms with Crippen LogP contribution in [0, 0.1) is 18.7 Å². The SMILES string of the molecule is Cc1ccc(F)cc1CNC(C)C(=O)NCC(C)C. The molecule has 106 valence electrons. The van der Waals surface area contributed by atoms with Gasteiger partial charge in [-0.1, -0.05) is 19.9 Å². The molecule has 0 fully saturated rings. The fraction of sp³-hybridized carbons (Fsp3) is 0.533. The lowest BCUT2D eigenvalue weighted by molar-refractivity contribution is -0.122. The smallest absolute Gasteiger partial charge is 0.236 e. The van der Waals surface area contributed by atoms with Crippen LogP contribution in [0.3, 0.4) is 0 Å². The lowest BCUT2D eigenvalue weighted by Crippen LogP contribution is -2.43. The number of halogens is 1. The van der Waals surface area contributed by atoms with Gasteiger partial charge in [0, 0.05) is 13.1 Å². The molecular weight excluding hydrogens is 243 g/mol. The van der Waals surface area contributed by atoms with Gasteiger partial charge in [-0.3, -0.25) is 4.79 Å². The summed E-state index contributed by atoms with van der Waals surface area (Å²) in [5.74, 6) is 0.156. The number of benzene rings is 1. The van der Waals surface area contributed by atoms with Gasteiger partial charge in [-0.25, -0.2) is 4.39 Å². The molecule has 0 heterocycles. The highest BCUT2D eigenvalue weighted by atomic mass is 19.1. The van der Waals surface area contributed by atoms with Crippen LogP contribution < -0.4 is 10.6 Å². The maximum absolute atomic E-state index is 13.1. The Morgan fingerprint density at radius 1 is 1.32 bits per heavy atom. The molecule has 0 bridgehead atoms. The summed E-state index contributed by atoms with van der Waals surface area (Å²) >= 11 is 0. The molecule has 1 amide bonds. The standard InChI is InChI=1S/C15H23FN2O/c1-10(2)8-18-15(19)12(4)17-9-13-7-14(16)6-5-11(13)3/h5-7,10,12,17H,8-9H2,1-4H3,(H,18,19). The van der Waals surface area contributed by atoms with Crippen molar-refractivity contribution in [3.05, 3.63) is 35.1 Å². The van der Waals surface area contributed by atoms with Crippen molar-refractivity contribution in [3.63, 3.8) is 0 Å². The summed E-state index contributed by atoms with van der Waals surface area (Å²) in [4.78, 5) is 11.8. The predicted octanol–water partition coefficient (Wildman–Crippen LogP) is 2.38. The molecule has 1 atom stereocenters. The van der Waals surface area contributed by atoms with Crippen molar-refractivity contribution in [1.29, 1.82) is 0 Å². The van der Waals surface area contributed by atoms with Crippen LogP contribution >= 0.6 is 0 Å². The Bertz CT molecular complexity index is 432. The van der Waals surface area contributed by atoms with Gasteiger partial charge >= 0.3 is 0 Å². The van der Waals surface area contributed by atoms with Crippen molar-refractivity contribution in [2.45, 2.75) is 40.3 Å². The molecular formula is C15H23FN2O. The van der Waals surface area contributed by atoms with Crippen LogP contribution in [-0.2, 0) is 11.3 Å². The number of amides is 1. The molecule has 3 nitrogen and oxygen atoms in total. The number of aryl methyl sites for hydroxylation is 1. The molecule has 19 heavy (non-hydrogen) atoms. The number of hydrogen-bond donors (Lipinski definition) is 2. The van der Waals surface area contributed by atoms with Gasteiger partial charge in [0.05, 0.1) is 6.04 Å². The van der Waals surface area contributed by atoms with E-state index in [0.29, 0.717) is 19.0 Å². The van der Waals surface area contributed by atoms with Gasteiger partial charge in [0.2, 0.25) is 5.91 Å². The van der Waals surface area contributed by atoms with E-state index in [1.54, 1.807) is 6.07 Å². The fourth-order valence-electron chi connectivity index (χ4n) is 1.64. The van der Waals surface area contributed by atoms with Crippen molar-refractivity contribution in [3.8, 4) is 0 Å². The molecule has 1 rings (SSSR count). The minimum Gasteiger partial charge on any atom is -0.354 e. The summed E-state index contributed by atoms with van der Waals surface area (Å²) in [6.45, 7) is 9.00. The second-order valence-electron chi connectivity index (χ2n) is 5.31. The Balaban J connectivity index is 2.47. The zero-order valence-corrected chi connectivity index (χ0v) is 12.1. The maximum Gasteiger partial charge on any atom is 0.236 e. The predicted molar refractivity (Wildman–Crippen MR) is 75.3 cm³/mol. The van der Waals surface area contributed by atoms with Gasteiger partial charge in [-0.15, -0.1) is 0 Å². The van der Waals surface area contributed by atoms with Crippen LogP contribution in [0.25, 0.3) is 0 Å². The molecule has 0 radical (unpaired) electrons. The molecule has 2 N–H and O–H groups in total. The van der Waals surface area contributed by atoms with Crippen LogP contribution in [0.2, 0.25) is 0 Å². The van der Waals surface area contributed by atoms with Crippen LogP contribution in [0.15, 0.2) is 18.2 Å². The second kappa shape index (κ2) is 7.24. The molecule has 0 aliphatic heterocycles. The van der Waals surface area contributed by atoms with Gasteiger partial charge in [0.25, 0.3) is 0 Å². The van der Waals surface area contributed by atoms with Crippen LogP contribution in [0.4, 0.5) is 4.39 Å². The Morgan fingerprint density at radius 3 is 2.63 bits per heavy atom. The first-order valence-corrected chi connectivity index (χ1v) is 6.66. The Labute approximate surface area is 114 Å². The van der Waals surface area contributed by atoms with E-state index >= 15 is 0 Å². The lowest BCUT2D eigenvalue weighted by Gasteiger charge is -2.16. The zero-order chi connectivity index (χ0) is 14.4. The lowest BCUT2D eigenvalue weighted by atomic mass is 10.1. The van der Waals surface area contributed by atoms with E-state index < -0.39 is 0 Å². The van der Waals surface area contributed by atoms with Gasteiger partial charge in [-0.2, -0.15) is 0 Å². The number of rotatable bonds is 6. The highest BCUT2D eigenvalue weighted by molar-refractivity contribution is 5.81. The maximum atomic E-state index is 13.1. The molecule has 0 aromatic heterocycles. The van der Waals surface area contributed by atoms with Crippen molar-refractivity contribution in [2.24, 2.45) is 5.92 Å². The summed E-state index contributed by atoms with van der Waals surface area (Å²) < 4.78 is 13.1. The molecule has 0 saturated heterocycles. The fourth-order valence-corrected chi connectivity index (χ4v) is 1.64. The topological polar surface area (TPSA) is 41.1 Å². The Hall–Kier alpha value is -1.42. The van der Waals surface area contributed by atoms with E-state index in [1.807, 2.05) is 13.8 Å². The summed E-state index contributed by atoms with van der Waals surface area (Å²) in [6, 6.07) is 4.40. The Kier molecular flexibility index (Phi) is 5.96. The van der Waals surface area contributed by atoms with Crippen molar-refractivity contribution in [1.82, 2.24) is 10.6 Å². The highest BCUT2D eigenvalue weighted by Crippen LogP contribution is 2.10. The number of carbonyl (C=O) groups is 1. The van der Waals surface area contributed by atoms with Gasteiger partial charge in [0.15, 0.2) is 0 Å². The van der Waals surface area contributed by atoms with Gasteiger partial charge in [0.1, 0.15) is 5.82 Å². The van der Waals surface area contributed by atoms with Crippen molar-refractivity contribution in [2.75, 3.05) is 6.54 Å². The van der Waals surface area contributed by atoms with Gasteiger partial charge < -0.3 is 10.6 Å². The van der Waals surface area contributed by atoms with Crippen molar-refractivity contribution >= 4 is 5.91 Å². The largest absolute Gasteiger partial charge is 0.354 e.